The number of likely N-dealkylation sites (tertiary alicyclic amines) is 1. The molecule has 0 spiro atoms. The van der Waals surface area contributed by atoms with Crippen LogP contribution in [0, 0.1) is 0 Å². The first-order valence-corrected chi connectivity index (χ1v) is 11.4. The summed E-state index contributed by atoms with van der Waals surface area (Å²) < 4.78 is 0. The molecule has 2 aliphatic heterocycles. The van der Waals surface area contributed by atoms with Gasteiger partial charge in [0, 0.05) is 57.9 Å². The predicted molar refractivity (Wildman–Crippen MR) is 142 cm³/mol. The Morgan fingerprint density at radius 1 is 0.969 bits per heavy atom. The summed E-state index contributed by atoms with van der Waals surface area (Å²) in [5, 5.41) is 3.46. The van der Waals surface area contributed by atoms with Crippen molar-refractivity contribution in [2.24, 2.45) is 4.99 Å². The van der Waals surface area contributed by atoms with Gasteiger partial charge in [-0.25, -0.2) is 4.99 Å². The van der Waals surface area contributed by atoms with Crippen molar-refractivity contribution in [3.63, 3.8) is 0 Å². The molecule has 0 bridgehead atoms. The molecule has 2 aliphatic rings. The van der Waals surface area contributed by atoms with Crippen molar-refractivity contribution >= 4 is 41.5 Å². The third kappa shape index (κ3) is 6.37. The Bertz CT molecular complexity index is 896. The zero-order valence-corrected chi connectivity index (χ0v) is 21.2. The fourth-order valence-electron chi connectivity index (χ4n) is 4.33. The molecule has 7 heteroatoms. The van der Waals surface area contributed by atoms with Gasteiger partial charge in [0.2, 0.25) is 5.91 Å². The van der Waals surface area contributed by atoms with Gasteiger partial charge in [-0.3, -0.25) is 4.79 Å². The van der Waals surface area contributed by atoms with Gasteiger partial charge in [-0.2, -0.15) is 0 Å². The Balaban J connectivity index is 0.00000289. The molecule has 4 rings (SSSR count). The molecule has 2 fully saturated rings. The lowest BCUT2D eigenvalue weighted by Gasteiger charge is -2.37. The minimum absolute atomic E-state index is 0. The van der Waals surface area contributed by atoms with Crippen LogP contribution >= 0.6 is 24.0 Å². The maximum absolute atomic E-state index is 11.9. The molecule has 0 saturated carbocycles. The van der Waals surface area contributed by atoms with E-state index in [0.29, 0.717) is 19.5 Å². The summed E-state index contributed by atoms with van der Waals surface area (Å²) in [6.45, 7) is 9.09. The zero-order chi connectivity index (χ0) is 21.5. The fourth-order valence-corrected chi connectivity index (χ4v) is 4.33. The van der Waals surface area contributed by atoms with Gasteiger partial charge in [0.15, 0.2) is 5.96 Å². The second-order valence-corrected chi connectivity index (χ2v) is 8.22. The number of carbonyl (C=O) groups excluding carboxylic acids is 1. The van der Waals surface area contributed by atoms with Gasteiger partial charge in [0.1, 0.15) is 0 Å². The third-order valence-electron chi connectivity index (χ3n) is 5.98. The van der Waals surface area contributed by atoms with E-state index in [1.165, 1.54) is 16.8 Å². The van der Waals surface area contributed by atoms with E-state index in [4.69, 9.17) is 4.99 Å². The van der Waals surface area contributed by atoms with Crippen molar-refractivity contribution in [3.05, 3.63) is 65.7 Å². The molecule has 32 heavy (non-hydrogen) atoms. The summed E-state index contributed by atoms with van der Waals surface area (Å²) in [6.07, 6.45) is 1.67. The maximum atomic E-state index is 11.9. The lowest BCUT2D eigenvalue weighted by atomic mass is 10.1. The lowest BCUT2D eigenvalue weighted by Crippen LogP contribution is -2.52. The largest absolute Gasteiger partial charge is 0.368 e. The number of benzene rings is 2. The van der Waals surface area contributed by atoms with Gasteiger partial charge >= 0.3 is 0 Å². The van der Waals surface area contributed by atoms with Crippen LogP contribution in [0.2, 0.25) is 0 Å². The fraction of sp³-hybridized carbons (Fsp3) is 0.440. The number of anilines is 1. The van der Waals surface area contributed by atoms with E-state index in [2.05, 4.69) is 76.6 Å². The number of nitrogens with one attached hydrogen (secondary N) is 1. The number of para-hydroxylation sites is 1. The highest BCUT2D eigenvalue weighted by atomic mass is 127. The molecule has 172 valence electrons. The van der Waals surface area contributed by atoms with Crippen molar-refractivity contribution in [2.75, 3.05) is 44.2 Å². The van der Waals surface area contributed by atoms with Crippen LogP contribution in [0.5, 0.6) is 0 Å². The van der Waals surface area contributed by atoms with E-state index in [0.717, 1.165) is 51.6 Å². The van der Waals surface area contributed by atoms with E-state index in [1.54, 1.807) is 0 Å². The molecule has 2 aromatic carbocycles. The average molecular weight is 547 g/mol. The number of piperazine rings is 1. The molecule has 2 saturated heterocycles. The number of hydrogen-bond donors (Lipinski definition) is 1. The highest BCUT2D eigenvalue weighted by Gasteiger charge is 2.21. The van der Waals surface area contributed by atoms with E-state index in [1.807, 2.05) is 4.90 Å². The summed E-state index contributed by atoms with van der Waals surface area (Å²) in [6, 6.07) is 19.1. The Kier molecular flexibility index (Phi) is 9.20. The van der Waals surface area contributed by atoms with Crippen LogP contribution in [-0.4, -0.2) is 60.9 Å². The molecule has 0 unspecified atom stereocenters. The van der Waals surface area contributed by atoms with Crippen LogP contribution in [-0.2, 0) is 17.9 Å². The second kappa shape index (κ2) is 12.1. The van der Waals surface area contributed by atoms with Crippen LogP contribution in [0.15, 0.2) is 59.6 Å². The quantitative estimate of drug-likeness (QED) is 0.341. The molecule has 1 amide bonds. The highest BCUT2D eigenvalue weighted by Crippen LogP contribution is 2.17. The van der Waals surface area contributed by atoms with Gasteiger partial charge in [0.05, 0.1) is 6.54 Å². The number of guanidine groups is 1. The van der Waals surface area contributed by atoms with Gasteiger partial charge < -0.3 is 20.0 Å². The van der Waals surface area contributed by atoms with Gasteiger partial charge in [0.25, 0.3) is 0 Å². The SMILES string of the molecule is CCNC(=NCc1cccc(CN2CCCC2=O)c1)N1CCN(c2ccccc2)CC1.I. The number of carbonyl (C=O) groups is 1. The monoisotopic (exact) mass is 547 g/mol. The van der Waals surface area contributed by atoms with Crippen LogP contribution < -0.4 is 10.2 Å². The van der Waals surface area contributed by atoms with Crippen LogP contribution in [0.25, 0.3) is 0 Å². The minimum Gasteiger partial charge on any atom is -0.368 e. The highest BCUT2D eigenvalue weighted by molar-refractivity contribution is 14.0. The number of nitrogens with zero attached hydrogens (tertiary/aromatic N) is 4. The Labute approximate surface area is 208 Å². The Morgan fingerprint density at radius 3 is 2.41 bits per heavy atom. The summed E-state index contributed by atoms with van der Waals surface area (Å²) >= 11 is 0. The lowest BCUT2D eigenvalue weighted by molar-refractivity contribution is -0.128. The van der Waals surface area contributed by atoms with E-state index >= 15 is 0 Å². The van der Waals surface area contributed by atoms with E-state index in [9.17, 15) is 4.79 Å². The standard InChI is InChI=1S/C25H33N5O.HI/c1-2-26-25(29-16-14-28(15-17-29)23-10-4-3-5-11-23)27-19-21-8-6-9-22(18-21)20-30-13-7-12-24(30)31;/h3-6,8-11,18H,2,7,12-17,19-20H2,1H3,(H,26,27);1H. The topological polar surface area (TPSA) is 51.2 Å². The summed E-state index contributed by atoms with van der Waals surface area (Å²) in [5.41, 5.74) is 3.66. The van der Waals surface area contributed by atoms with Crippen LogP contribution in [0.1, 0.15) is 30.9 Å². The third-order valence-corrected chi connectivity index (χ3v) is 5.98. The zero-order valence-electron chi connectivity index (χ0n) is 18.9. The predicted octanol–water partition coefficient (Wildman–Crippen LogP) is 3.71. The molecule has 0 atom stereocenters. The van der Waals surface area contributed by atoms with Crippen molar-refractivity contribution < 1.29 is 4.79 Å². The number of hydrogen-bond acceptors (Lipinski definition) is 3. The average Bonchev–Trinajstić information content (AvgIpc) is 3.22. The first-order chi connectivity index (χ1) is 15.2. The van der Waals surface area contributed by atoms with E-state index < -0.39 is 0 Å². The molecule has 0 aromatic heterocycles. The van der Waals surface area contributed by atoms with E-state index in [-0.39, 0.29) is 29.9 Å². The molecule has 0 radical (unpaired) electrons. The Hall–Kier alpha value is -2.29. The molecule has 1 N–H and O–H groups in total. The maximum Gasteiger partial charge on any atom is 0.222 e. The summed E-state index contributed by atoms with van der Waals surface area (Å²) in [7, 11) is 0. The normalized spacial score (nSPS) is 16.8. The molecular formula is C25H34IN5O. The molecule has 2 aromatic rings. The molecular weight excluding hydrogens is 513 g/mol. The number of amides is 1. The molecule has 2 heterocycles. The van der Waals surface area contributed by atoms with Crippen LogP contribution in [0.3, 0.4) is 0 Å². The summed E-state index contributed by atoms with van der Waals surface area (Å²) in [5.74, 6) is 1.25. The second-order valence-electron chi connectivity index (χ2n) is 8.22. The molecule has 0 aliphatic carbocycles. The number of rotatable bonds is 6. The van der Waals surface area contributed by atoms with Crippen molar-refractivity contribution in [3.8, 4) is 0 Å². The first-order valence-electron chi connectivity index (χ1n) is 11.4. The smallest absolute Gasteiger partial charge is 0.222 e. The number of halogens is 1. The minimum atomic E-state index is 0. The first kappa shape index (κ1) is 24.4. The Morgan fingerprint density at radius 2 is 1.72 bits per heavy atom. The van der Waals surface area contributed by atoms with Gasteiger partial charge in [-0.05, 0) is 36.6 Å². The summed E-state index contributed by atoms with van der Waals surface area (Å²) in [4.78, 5) is 23.6. The van der Waals surface area contributed by atoms with Crippen molar-refractivity contribution in [1.82, 2.24) is 15.1 Å². The van der Waals surface area contributed by atoms with Crippen molar-refractivity contribution in [2.45, 2.75) is 32.9 Å². The van der Waals surface area contributed by atoms with Crippen molar-refractivity contribution in [1.29, 1.82) is 0 Å². The number of aliphatic imine (C=N–C) groups is 1. The molecule has 6 nitrogen and oxygen atoms in total. The van der Waals surface area contributed by atoms with Crippen LogP contribution in [0.4, 0.5) is 5.69 Å². The van der Waals surface area contributed by atoms with Gasteiger partial charge in [-0.1, -0.05) is 42.5 Å². The van der Waals surface area contributed by atoms with Gasteiger partial charge in [-0.15, -0.1) is 24.0 Å².